The molecule has 1 heterocycles. The standard InChI is InChI=1S/C15H9NO5/c17-12-6-5-8(7-11(12)15(20)21)16-13(18)9-3-1-2-4-10(9)14(16)19/h1-7,17H,(H,20,21). The molecule has 6 heteroatoms. The Morgan fingerprint density at radius 2 is 1.52 bits per heavy atom. The lowest BCUT2D eigenvalue weighted by atomic mass is 10.1. The fraction of sp³-hybridized carbons (Fsp3) is 0. The summed E-state index contributed by atoms with van der Waals surface area (Å²) in [5.74, 6) is -2.80. The largest absolute Gasteiger partial charge is 0.507 e. The highest BCUT2D eigenvalue weighted by Gasteiger charge is 2.36. The van der Waals surface area contributed by atoms with Crippen LogP contribution in [0.3, 0.4) is 0 Å². The van der Waals surface area contributed by atoms with Crippen molar-refractivity contribution in [1.29, 1.82) is 0 Å². The quantitative estimate of drug-likeness (QED) is 0.821. The maximum atomic E-state index is 12.3. The van der Waals surface area contributed by atoms with Crippen molar-refractivity contribution < 1.29 is 24.6 Å². The van der Waals surface area contributed by atoms with E-state index in [-0.39, 0.29) is 22.4 Å². The molecule has 0 fully saturated rings. The van der Waals surface area contributed by atoms with Crippen LogP contribution in [0.1, 0.15) is 31.1 Å². The van der Waals surface area contributed by atoms with Crippen LogP contribution in [0.25, 0.3) is 0 Å². The highest BCUT2D eigenvalue weighted by molar-refractivity contribution is 6.34. The number of aromatic carboxylic acids is 1. The van der Waals surface area contributed by atoms with Crippen molar-refractivity contribution in [3.8, 4) is 5.75 Å². The molecule has 0 radical (unpaired) electrons. The van der Waals surface area contributed by atoms with Crippen LogP contribution in [0.5, 0.6) is 5.75 Å². The van der Waals surface area contributed by atoms with E-state index in [9.17, 15) is 19.5 Å². The minimum Gasteiger partial charge on any atom is -0.507 e. The van der Waals surface area contributed by atoms with E-state index in [2.05, 4.69) is 0 Å². The lowest BCUT2D eigenvalue weighted by Crippen LogP contribution is -2.29. The summed E-state index contributed by atoms with van der Waals surface area (Å²) in [6.07, 6.45) is 0. The van der Waals surface area contributed by atoms with Gasteiger partial charge in [0.2, 0.25) is 0 Å². The normalized spacial score (nSPS) is 13.4. The molecule has 0 bridgehead atoms. The number of aromatic hydroxyl groups is 1. The molecule has 0 aliphatic carbocycles. The number of anilines is 1. The van der Waals surface area contributed by atoms with Crippen LogP contribution < -0.4 is 4.90 Å². The minimum atomic E-state index is -1.34. The number of amides is 2. The van der Waals surface area contributed by atoms with Gasteiger partial charge in [-0.3, -0.25) is 9.59 Å². The Labute approximate surface area is 118 Å². The third-order valence-corrected chi connectivity index (χ3v) is 3.26. The summed E-state index contributed by atoms with van der Waals surface area (Å²) in [5, 5.41) is 18.5. The molecule has 0 spiro atoms. The highest BCUT2D eigenvalue weighted by atomic mass is 16.4. The van der Waals surface area contributed by atoms with E-state index < -0.39 is 23.5 Å². The van der Waals surface area contributed by atoms with Crippen LogP contribution in [-0.4, -0.2) is 28.0 Å². The fourth-order valence-electron chi connectivity index (χ4n) is 2.26. The van der Waals surface area contributed by atoms with Gasteiger partial charge >= 0.3 is 5.97 Å². The van der Waals surface area contributed by atoms with Gasteiger partial charge in [-0.1, -0.05) is 12.1 Å². The number of nitrogens with zero attached hydrogens (tertiary/aromatic N) is 1. The second-order valence-corrected chi connectivity index (χ2v) is 4.50. The van der Waals surface area contributed by atoms with Crippen molar-refractivity contribution in [3.05, 3.63) is 59.2 Å². The van der Waals surface area contributed by atoms with Crippen LogP contribution in [0.2, 0.25) is 0 Å². The molecule has 3 rings (SSSR count). The summed E-state index contributed by atoms with van der Waals surface area (Å²) in [6.45, 7) is 0. The van der Waals surface area contributed by atoms with E-state index in [4.69, 9.17) is 5.11 Å². The molecule has 1 aliphatic rings. The molecule has 2 N–H and O–H groups in total. The number of carboxylic acid groups (broad SMARTS) is 1. The predicted octanol–water partition coefficient (Wildman–Crippen LogP) is 1.89. The van der Waals surface area contributed by atoms with Gasteiger partial charge in [-0.2, -0.15) is 0 Å². The van der Waals surface area contributed by atoms with Crippen LogP contribution in [0.4, 0.5) is 5.69 Å². The van der Waals surface area contributed by atoms with E-state index in [0.29, 0.717) is 0 Å². The van der Waals surface area contributed by atoms with Crippen LogP contribution >= 0.6 is 0 Å². The van der Waals surface area contributed by atoms with Gasteiger partial charge in [0.05, 0.1) is 16.8 Å². The summed E-state index contributed by atoms with van der Waals surface area (Å²) in [5.41, 5.74) is 0.278. The molecular formula is C15H9NO5. The zero-order valence-corrected chi connectivity index (χ0v) is 10.6. The van der Waals surface area contributed by atoms with E-state index in [1.54, 1.807) is 12.1 Å². The van der Waals surface area contributed by atoms with Crippen molar-refractivity contribution >= 4 is 23.5 Å². The Morgan fingerprint density at radius 3 is 2.05 bits per heavy atom. The van der Waals surface area contributed by atoms with Crippen LogP contribution in [0, 0.1) is 0 Å². The molecule has 1 aliphatic heterocycles. The molecule has 0 atom stereocenters. The first-order valence-electron chi connectivity index (χ1n) is 6.05. The first-order chi connectivity index (χ1) is 10.0. The molecule has 0 unspecified atom stereocenters. The van der Waals surface area contributed by atoms with Crippen molar-refractivity contribution in [2.45, 2.75) is 0 Å². The summed E-state index contributed by atoms with van der Waals surface area (Å²) >= 11 is 0. The number of hydrogen-bond acceptors (Lipinski definition) is 4. The molecule has 21 heavy (non-hydrogen) atoms. The van der Waals surface area contributed by atoms with Gasteiger partial charge in [0.1, 0.15) is 11.3 Å². The minimum absolute atomic E-state index is 0.108. The van der Waals surface area contributed by atoms with E-state index in [1.807, 2.05) is 0 Å². The lowest BCUT2D eigenvalue weighted by Gasteiger charge is -2.14. The molecule has 0 saturated heterocycles. The second kappa shape index (κ2) is 4.45. The Balaban J connectivity index is 2.11. The van der Waals surface area contributed by atoms with Crippen LogP contribution in [-0.2, 0) is 0 Å². The number of phenols is 1. The molecule has 104 valence electrons. The number of rotatable bonds is 2. The topological polar surface area (TPSA) is 94.9 Å². The zero-order chi connectivity index (χ0) is 15.1. The van der Waals surface area contributed by atoms with E-state index >= 15 is 0 Å². The van der Waals surface area contributed by atoms with Gasteiger partial charge in [0.25, 0.3) is 11.8 Å². The zero-order valence-electron chi connectivity index (χ0n) is 10.6. The predicted molar refractivity (Wildman–Crippen MR) is 72.6 cm³/mol. The number of imide groups is 1. The third-order valence-electron chi connectivity index (χ3n) is 3.26. The maximum Gasteiger partial charge on any atom is 0.339 e. The van der Waals surface area contributed by atoms with E-state index in [0.717, 1.165) is 17.0 Å². The SMILES string of the molecule is O=C(O)c1cc(N2C(=O)c3ccccc3C2=O)ccc1O. The average Bonchev–Trinajstić information content (AvgIpc) is 2.72. The van der Waals surface area contributed by atoms with E-state index in [1.165, 1.54) is 18.2 Å². The monoisotopic (exact) mass is 283 g/mol. The average molecular weight is 283 g/mol. The fourth-order valence-corrected chi connectivity index (χ4v) is 2.26. The number of benzene rings is 2. The number of fused-ring (bicyclic) bond motifs is 1. The third kappa shape index (κ3) is 1.85. The highest BCUT2D eigenvalue weighted by Crippen LogP contribution is 2.31. The first-order valence-corrected chi connectivity index (χ1v) is 6.05. The van der Waals surface area contributed by atoms with Crippen molar-refractivity contribution in [2.75, 3.05) is 4.90 Å². The van der Waals surface area contributed by atoms with Gasteiger partial charge < -0.3 is 10.2 Å². The summed E-state index contributed by atoms with van der Waals surface area (Å²) < 4.78 is 0. The molecular weight excluding hydrogens is 274 g/mol. The van der Waals surface area contributed by atoms with Gasteiger partial charge in [0, 0.05) is 0 Å². The van der Waals surface area contributed by atoms with Gasteiger partial charge in [-0.05, 0) is 30.3 Å². The Bertz CT molecular complexity index is 761. The van der Waals surface area contributed by atoms with Crippen LogP contribution in [0.15, 0.2) is 42.5 Å². The van der Waals surface area contributed by atoms with Gasteiger partial charge in [0.15, 0.2) is 0 Å². The molecule has 2 aromatic carbocycles. The van der Waals surface area contributed by atoms with Gasteiger partial charge in [-0.25, -0.2) is 9.69 Å². The Kier molecular flexibility index (Phi) is 2.72. The summed E-state index contributed by atoms with van der Waals surface area (Å²) in [6, 6.07) is 9.92. The van der Waals surface area contributed by atoms with Crippen molar-refractivity contribution in [3.63, 3.8) is 0 Å². The molecule has 2 amide bonds. The maximum absolute atomic E-state index is 12.3. The molecule has 6 nitrogen and oxygen atoms in total. The smallest absolute Gasteiger partial charge is 0.339 e. The summed E-state index contributed by atoms with van der Waals surface area (Å²) in [7, 11) is 0. The van der Waals surface area contributed by atoms with Gasteiger partial charge in [-0.15, -0.1) is 0 Å². The number of carbonyl (C=O) groups excluding carboxylic acids is 2. The Hall–Kier alpha value is -3.15. The number of hydrogen-bond donors (Lipinski definition) is 2. The molecule has 0 aromatic heterocycles. The van der Waals surface area contributed by atoms with Crippen molar-refractivity contribution in [1.82, 2.24) is 0 Å². The van der Waals surface area contributed by atoms with Crippen molar-refractivity contribution in [2.24, 2.45) is 0 Å². The number of carbonyl (C=O) groups is 3. The lowest BCUT2D eigenvalue weighted by molar-refractivity contribution is 0.0692. The Morgan fingerprint density at radius 1 is 0.952 bits per heavy atom. The second-order valence-electron chi connectivity index (χ2n) is 4.50. The summed E-state index contributed by atoms with van der Waals surface area (Å²) in [4.78, 5) is 36.5. The molecule has 2 aromatic rings. The first kappa shape index (κ1) is 12.9. The molecule has 0 saturated carbocycles. The number of carboxylic acids is 1.